The molecule has 0 fully saturated rings. The molecule has 0 aromatic heterocycles. The van der Waals surface area contributed by atoms with Crippen molar-refractivity contribution in [3.63, 3.8) is 0 Å². The molecule has 0 radical (unpaired) electrons. The Kier molecular flexibility index (Phi) is 5.43. The van der Waals surface area contributed by atoms with Crippen molar-refractivity contribution in [2.75, 3.05) is 22.0 Å². The average Bonchev–Trinajstić information content (AvgIpc) is 2.55. The number of hydrogen-bond donors (Lipinski definition) is 2. The number of amides is 2. The first-order valence-corrected chi connectivity index (χ1v) is 8.92. The molecule has 0 saturated carbocycles. The molecular formula is C17H19N3O4S. The molecule has 0 bridgehead atoms. The third-order valence-electron chi connectivity index (χ3n) is 3.46. The Bertz CT molecular complexity index is 875. The minimum Gasteiger partial charge on any atom is -0.326 e. The molecule has 2 N–H and O–H groups in total. The highest BCUT2D eigenvalue weighted by Gasteiger charge is 2.15. The summed E-state index contributed by atoms with van der Waals surface area (Å²) in [5, 5.41) is 2.60. The molecule has 2 rings (SSSR count). The van der Waals surface area contributed by atoms with Gasteiger partial charge in [0.1, 0.15) is 0 Å². The third kappa shape index (κ3) is 4.80. The third-order valence-corrected chi connectivity index (χ3v) is 4.86. The zero-order valence-electron chi connectivity index (χ0n) is 14.1. The van der Waals surface area contributed by atoms with Gasteiger partial charge < -0.3 is 10.2 Å². The van der Waals surface area contributed by atoms with Gasteiger partial charge in [-0.3, -0.25) is 14.3 Å². The second-order valence-electron chi connectivity index (χ2n) is 5.44. The van der Waals surface area contributed by atoms with Crippen molar-refractivity contribution < 1.29 is 18.0 Å². The van der Waals surface area contributed by atoms with E-state index in [1.807, 2.05) is 0 Å². The van der Waals surface area contributed by atoms with Gasteiger partial charge in [-0.1, -0.05) is 0 Å². The molecular weight excluding hydrogens is 342 g/mol. The lowest BCUT2D eigenvalue weighted by molar-refractivity contribution is -0.116. The molecule has 0 heterocycles. The van der Waals surface area contributed by atoms with E-state index in [4.69, 9.17) is 0 Å². The summed E-state index contributed by atoms with van der Waals surface area (Å²) in [6, 6.07) is 12.3. The van der Waals surface area contributed by atoms with E-state index in [-0.39, 0.29) is 16.7 Å². The lowest BCUT2D eigenvalue weighted by Crippen LogP contribution is -2.22. The predicted molar refractivity (Wildman–Crippen MR) is 97.1 cm³/mol. The minimum absolute atomic E-state index is 0.0825. The molecule has 8 heteroatoms. The predicted octanol–water partition coefficient (Wildman–Crippen LogP) is 2.43. The van der Waals surface area contributed by atoms with E-state index in [2.05, 4.69) is 10.0 Å². The Hall–Kier alpha value is -2.87. The number of hydrogen-bond acceptors (Lipinski definition) is 4. The number of carbonyl (C=O) groups excluding carboxylic acids is 2. The lowest BCUT2D eigenvalue weighted by atomic mass is 10.3. The molecule has 132 valence electrons. The molecule has 0 unspecified atom stereocenters. The van der Waals surface area contributed by atoms with Gasteiger partial charge in [0, 0.05) is 38.0 Å². The first kappa shape index (κ1) is 18.5. The molecule has 0 saturated heterocycles. The van der Waals surface area contributed by atoms with Crippen molar-refractivity contribution in [2.45, 2.75) is 18.7 Å². The van der Waals surface area contributed by atoms with Crippen LogP contribution in [0.3, 0.4) is 0 Å². The van der Waals surface area contributed by atoms with Gasteiger partial charge in [0.05, 0.1) is 4.90 Å². The van der Waals surface area contributed by atoms with Crippen LogP contribution in [0.5, 0.6) is 0 Å². The highest BCUT2D eigenvalue weighted by atomic mass is 32.2. The minimum atomic E-state index is -3.75. The van der Waals surface area contributed by atoms with Crippen LogP contribution in [-0.4, -0.2) is 27.3 Å². The van der Waals surface area contributed by atoms with Gasteiger partial charge in [0.2, 0.25) is 11.8 Å². The van der Waals surface area contributed by atoms with Crippen molar-refractivity contribution in [3.8, 4) is 0 Å². The first-order chi connectivity index (χ1) is 11.7. The number of anilines is 3. The number of carbonyl (C=O) groups is 2. The summed E-state index contributed by atoms with van der Waals surface area (Å²) in [7, 11) is -2.14. The van der Waals surface area contributed by atoms with E-state index in [9.17, 15) is 18.0 Å². The largest absolute Gasteiger partial charge is 0.326 e. The van der Waals surface area contributed by atoms with E-state index < -0.39 is 10.0 Å². The lowest BCUT2D eigenvalue weighted by Gasteiger charge is -2.15. The SMILES string of the molecule is CC(=O)Nc1ccc(NS(=O)(=O)c2ccc(N(C)C(C)=O)cc2)cc1. The monoisotopic (exact) mass is 361 g/mol. The second-order valence-corrected chi connectivity index (χ2v) is 7.12. The number of nitrogens with zero attached hydrogens (tertiary/aromatic N) is 1. The summed E-state index contributed by atoms with van der Waals surface area (Å²) < 4.78 is 27.3. The fourth-order valence-electron chi connectivity index (χ4n) is 2.07. The van der Waals surface area contributed by atoms with Crippen molar-refractivity contribution in [2.24, 2.45) is 0 Å². The van der Waals surface area contributed by atoms with E-state index in [0.717, 1.165) is 0 Å². The number of rotatable bonds is 5. The first-order valence-electron chi connectivity index (χ1n) is 7.44. The van der Waals surface area contributed by atoms with Crippen molar-refractivity contribution in [3.05, 3.63) is 48.5 Å². The van der Waals surface area contributed by atoms with Crippen LogP contribution in [0, 0.1) is 0 Å². The van der Waals surface area contributed by atoms with E-state index in [1.165, 1.54) is 30.9 Å². The van der Waals surface area contributed by atoms with Crippen molar-refractivity contribution in [1.29, 1.82) is 0 Å². The van der Waals surface area contributed by atoms with Crippen molar-refractivity contribution >= 4 is 38.9 Å². The van der Waals surface area contributed by atoms with Crippen LogP contribution in [-0.2, 0) is 19.6 Å². The van der Waals surface area contributed by atoms with Gasteiger partial charge >= 0.3 is 0 Å². The summed E-state index contributed by atoms with van der Waals surface area (Å²) >= 11 is 0. The van der Waals surface area contributed by atoms with Crippen LogP contribution in [0.15, 0.2) is 53.4 Å². The fourth-order valence-corrected chi connectivity index (χ4v) is 3.13. The van der Waals surface area contributed by atoms with Crippen LogP contribution in [0.2, 0.25) is 0 Å². The molecule has 2 amide bonds. The molecule has 0 aliphatic rings. The Morgan fingerprint density at radius 1 is 0.880 bits per heavy atom. The van der Waals surface area contributed by atoms with Gasteiger partial charge in [-0.2, -0.15) is 0 Å². The van der Waals surface area contributed by atoms with Gasteiger partial charge in [-0.15, -0.1) is 0 Å². The number of nitrogens with one attached hydrogen (secondary N) is 2. The standard InChI is InChI=1S/C17H19N3O4S/c1-12(21)18-14-4-6-15(7-5-14)19-25(23,24)17-10-8-16(9-11-17)20(3)13(2)22/h4-11,19H,1-3H3,(H,18,21). The van der Waals surface area contributed by atoms with Crippen LogP contribution in [0.25, 0.3) is 0 Å². The maximum atomic E-state index is 12.4. The number of benzene rings is 2. The molecule has 7 nitrogen and oxygen atoms in total. The highest BCUT2D eigenvalue weighted by Crippen LogP contribution is 2.21. The van der Waals surface area contributed by atoms with Gasteiger partial charge in [-0.05, 0) is 48.5 Å². The molecule has 2 aromatic rings. The van der Waals surface area contributed by atoms with E-state index in [0.29, 0.717) is 17.1 Å². The molecule has 0 aliphatic carbocycles. The maximum absolute atomic E-state index is 12.4. The van der Waals surface area contributed by atoms with Gasteiger partial charge in [0.25, 0.3) is 10.0 Å². The zero-order chi connectivity index (χ0) is 18.6. The topological polar surface area (TPSA) is 95.6 Å². The fraction of sp³-hybridized carbons (Fsp3) is 0.176. The van der Waals surface area contributed by atoms with Crippen molar-refractivity contribution in [1.82, 2.24) is 0 Å². The van der Waals surface area contributed by atoms with Crippen LogP contribution >= 0.6 is 0 Å². The van der Waals surface area contributed by atoms with Crippen LogP contribution in [0.4, 0.5) is 17.1 Å². The summed E-state index contributed by atoms with van der Waals surface area (Å²) in [6.45, 7) is 2.82. The smallest absolute Gasteiger partial charge is 0.261 e. The summed E-state index contributed by atoms with van der Waals surface area (Å²) in [4.78, 5) is 23.8. The Labute approximate surface area is 146 Å². The summed E-state index contributed by atoms with van der Waals surface area (Å²) in [5.41, 5.74) is 1.55. The van der Waals surface area contributed by atoms with Crippen LogP contribution in [0.1, 0.15) is 13.8 Å². The Balaban J connectivity index is 2.16. The molecule has 2 aromatic carbocycles. The van der Waals surface area contributed by atoms with Gasteiger partial charge in [-0.25, -0.2) is 8.42 Å². The number of sulfonamides is 1. The summed E-state index contributed by atoms with van der Waals surface area (Å²) in [6.07, 6.45) is 0. The second kappa shape index (κ2) is 7.35. The highest BCUT2D eigenvalue weighted by molar-refractivity contribution is 7.92. The molecule has 0 aliphatic heterocycles. The normalized spacial score (nSPS) is 10.8. The summed E-state index contributed by atoms with van der Waals surface area (Å²) in [5.74, 6) is -0.350. The molecule has 0 spiro atoms. The van der Waals surface area contributed by atoms with Gasteiger partial charge in [0.15, 0.2) is 0 Å². The van der Waals surface area contributed by atoms with E-state index in [1.54, 1.807) is 43.4 Å². The Morgan fingerprint density at radius 2 is 1.40 bits per heavy atom. The molecule has 25 heavy (non-hydrogen) atoms. The molecule has 0 atom stereocenters. The van der Waals surface area contributed by atoms with E-state index >= 15 is 0 Å². The average molecular weight is 361 g/mol. The Morgan fingerprint density at radius 3 is 1.88 bits per heavy atom. The maximum Gasteiger partial charge on any atom is 0.261 e. The van der Waals surface area contributed by atoms with Crippen LogP contribution < -0.4 is 14.9 Å². The quantitative estimate of drug-likeness (QED) is 0.855. The zero-order valence-corrected chi connectivity index (χ0v) is 14.9.